The summed E-state index contributed by atoms with van der Waals surface area (Å²) in [5.41, 5.74) is 7.03. The number of ether oxygens (including phenoxy) is 4. The van der Waals surface area contributed by atoms with Gasteiger partial charge in [0.2, 0.25) is 5.91 Å². The van der Waals surface area contributed by atoms with Crippen LogP contribution in [0, 0.1) is 19.3 Å². The van der Waals surface area contributed by atoms with Gasteiger partial charge in [-0.2, -0.15) is 0 Å². The Morgan fingerprint density at radius 2 is 1.02 bits per heavy atom. The summed E-state index contributed by atoms with van der Waals surface area (Å²) in [4.78, 5) is 30.3. The second kappa shape index (κ2) is 27.4. The molecule has 0 spiro atoms. The molecule has 2 aliphatic carbocycles. The molecule has 0 heterocycles. The summed E-state index contributed by atoms with van der Waals surface area (Å²) in [6, 6.07) is 8.46. The maximum atomic E-state index is 13.0. The van der Waals surface area contributed by atoms with Crippen LogP contribution in [0.1, 0.15) is 133 Å². The van der Waals surface area contributed by atoms with Crippen LogP contribution in [0.15, 0.2) is 47.6 Å². The van der Waals surface area contributed by atoms with Crippen LogP contribution < -0.4 is 42.9 Å². The number of rotatable bonds is 17. The van der Waals surface area contributed by atoms with Crippen molar-refractivity contribution in [2.75, 3.05) is 42.6 Å². The third kappa shape index (κ3) is 14.5. The number of unbranched alkanes of at least 4 members (excludes halogenated alkanes) is 4. The number of amides is 1. The van der Waals surface area contributed by atoms with Crippen LogP contribution in [0.25, 0.3) is 0 Å². The fourth-order valence-corrected chi connectivity index (χ4v) is 7.85. The fraction of sp³-hybridized carbons (Fsp3) is 0.587. The first kappa shape index (κ1) is 53.7. The van der Waals surface area contributed by atoms with E-state index in [0.717, 1.165) is 79.1 Å². The van der Waals surface area contributed by atoms with E-state index in [1.54, 1.807) is 42.4 Å². The van der Waals surface area contributed by atoms with Crippen LogP contribution in [0.2, 0.25) is 0 Å². The SMILES string of the molecule is CCCCCc1cc(OC)c([C@@H]2C=C(C)CC[C@H]2C(=O)N(C)OC)c(OC)c1.CCCCCc1cc(OC)c([C@@H]2C=C(C)CC[C@H]2C([13CH3])=O)c(OC)c1.[13CH3-].[I-].[Mg+2]. The number of hydrogen-bond acceptors (Lipinski definition) is 7. The number of hydrogen-bond donors (Lipinski definition) is 0. The van der Waals surface area contributed by atoms with Gasteiger partial charge in [-0.25, -0.2) is 5.06 Å². The van der Waals surface area contributed by atoms with Gasteiger partial charge in [0.1, 0.15) is 28.8 Å². The molecule has 0 unspecified atom stereocenters. The van der Waals surface area contributed by atoms with Crippen LogP contribution in [-0.2, 0) is 27.3 Å². The van der Waals surface area contributed by atoms with Crippen LogP contribution in [0.5, 0.6) is 23.0 Å². The van der Waals surface area contributed by atoms with Gasteiger partial charge in [-0.15, -0.1) is 0 Å². The number of halogens is 1. The van der Waals surface area contributed by atoms with Crippen molar-refractivity contribution in [3.8, 4) is 23.0 Å². The molecule has 2 aliphatic rings. The number of ketones is 1. The normalized spacial score (nSPS) is 18.6. The molecule has 0 radical (unpaired) electrons. The summed E-state index contributed by atoms with van der Waals surface area (Å²) in [5, 5.41) is 1.32. The van der Waals surface area contributed by atoms with Gasteiger partial charge in [-0.3, -0.25) is 14.4 Å². The zero-order valence-electron chi connectivity index (χ0n) is 36.6. The Hall–Kier alpha value is -2.28. The van der Waals surface area contributed by atoms with E-state index in [2.05, 4.69) is 64.1 Å². The minimum absolute atomic E-state index is 0. The first-order valence-corrected chi connectivity index (χ1v) is 19.6. The minimum atomic E-state index is -0.206. The van der Waals surface area contributed by atoms with E-state index >= 15 is 0 Å². The van der Waals surface area contributed by atoms with Gasteiger partial charge in [-0.05, 0) is 108 Å². The molecule has 56 heavy (non-hydrogen) atoms. The molecule has 2 aromatic rings. The van der Waals surface area contributed by atoms with Gasteiger partial charge in [0.05, 0.1) is 41.5 Å². The zero-order valence-corrected chi connectivity index (χ0v) is 40.2. The molecule has 4 rings (SSSR count). The third-order valence-corrected chi connectivity index (χ3v) is 10.9. The van der Waals surface area contributed by atoms with Crippen molar-refractivity contribution in [1.29, 1.82) is 0 Å². The van der Waals surface area contributed by atoms with Gasteiger partial charge in [-0.1, -0.05) is 62.8 Å². The summed E-state index contributed by atoms with van der Waals surface area (Å²) in [6.07, 6.45) is 17.1. The molecule has 0 bridgehead atoms. The van der Waals surface area contributed by atoms with Crippen molar-refractivity contribution in [3.63, 3.8) is 0 Å². The van der Waals surface area contributed by atoms with E-state index in [1.165, 1.54) is 66.6 Å². The molecular formula is C46H70IMgNO7. The molecule has 0 aromatic heterocycles. The predicted octanol–water partition coefficient (Wildman–Crippen LogP) is 7.44. The van der Waals surface area contributed by atoms with Gasteiger partial charge < -0.3 is 50.4 Å². The Morgan fingerprint density at radius 3 is 1.34 bits per heavy atom. The Kier molecular flexibility index (Phi) is 26.3. The van der Waals surface area contributed by atoms with Gasteiger partial charge >= 0.3 is 23.1 Å². The molecule has 0 saturated heterocycles. The van der Waals surface area contributed by atoms with E-state index in [-0.39, 0.29) is 89.8 Å². The standard InChI is InChI=1S/C23H35NO4.C22H32O3.CH3.HI.Mg/c1-7-8-9-10-17-14-20(26-4)22(21(15-17)27-5)19-13-16(2)11-12-18(19)23(25)24(3)28-6;1-6-7-8-9-17-13-20(24-4)22(21(14-17)25-5)19-12-15(2)10-11-18(19)16(3)23;;;/h13-15,18-19H,7-12H2,1-6H3;12-14,18-19H,6-11H2,1-5H3;1H3;1H;/q;;-1;;+2/p-1/t18-,19-;18-,19+;;;/m10.../s1/i;3+1;1+1;;. The number of allylic oxidation sites excluding steroid dienone is 4. The number of hydroxylamine groups is 2. The summed E-state index contributed by atoms with van der Waals surface area (Å²) < 4.78 is 23.0. The van der Waals surface area contributed by atoms with E-state index in [1.807, 2.05) is 0 Å². The predicted molar refractivity (Wildman–Crippen MR) is 227 cm³/mol. The van der Waals surface area contributed by atoms with Crippen molar-refractivity contribution in [2.45, 2.75) is 124 Å². The van der Waals surface area contributed by atoms with Crippen molar-refractivity contribution < 1.29 is 57.4 Å². The molecule has 0 aliphatic heterocycles. The maximum absolute atomic E-state index is 13.0. The number of methoxy groups -OCH3 is 4. The van der Waals surface area contributed by atoms with Crippen molar-refractivity contribution in [1.82, 2.24) is 5.06 Å². The van der Waals surface area contributed by atoms with Crippen LogP contribution in [0.3, 0.4) is 0 Å². The minimum Gasteiger partial charge on any atom is -1.00 e. The Bertz CT molecular complexity index is 1520. The molecule has 8 nitrogen and oxygen atoms in total. The summed E-state index contributed by atoms with van der Waals surface area (Å²) in [7, 11) is 9.96. The Balaban J connectivity index is 0.00000103. The second-order valence-corrected chi connectivity index (χ2v) is 14.7. The zero-order chi connectivity index (χ0) is 39.1. The number of nitrogens with zero attached hydrogens (tertiary/aromatic N) is 1. The summed E-state index contributed by atoms with van der Waals surface area (Å²) in [6.45, 7) is 10.4. The van der Waals surface area contributed by atoms with Gasteiger partial charge in [0.25, 0.3) is 0 Å². The largest absolute Gasteiger partial charge is 2.00 e. The number of benzene rings is 2. The molecule has 0 fully saturated rings. The first-order chi connectivity index (χ1) is 25.5. The maximum Gasteiger partial charge on any atom is 2.00 e. The summed E-state index contributed by atoms with van der Waals surface area (Å²) in [5.74, 6) is 3.20. The topological polar surface area (TPSA) is 83.5 Å². The van der Waals surface area contributed by atoms with E-state index < -0.39 is 0 Å². The van der Waals surface area contributed by atoms with E-state index in [4.69, 9.17) is 23.8 Å². The summed E-state index contributed by atoms with van der Waals surface area (Å²) >= 11 is 0. The molecule has 10 heteroatoms. The molecule has 1 amide bonds. The Morgan fingerprint density at radius 1 is 0.661 bits per heavy atom. The number of aryl methyl sites for hydroxylation is 2. The van der Waals surface area contributed by atoms with E-state index in [9.17, 15) is 9.59 Å². The molecule has 2 aromatic carbocycles. The van der Waals surface area contributed by atoms with Crippen LogP contribution in [-0.4, -0.2) is 82.4 Å². The van der Waals surface area contributed by atoms with Crippen LogP contribution in [0.4, 0.5) is 0 Å². The monoisotopic (exact) mass is 901 g/mol. The van der Waals surface area contributed by atoms with Crippen molar-refractivity contribution in [3.05, 3.63) is 77.2 Å². The molecule has 0 N–H and O–H groups in total. The third-order valence-electron chi connectivity index (χ3n) is 10.9. The van der Waals surface area contributed by atoms with Crippen molar-refractivity contribution >= 4 is 34.7 Å². The van der Waals surface area contributed by atoms with Gasteiger partial charge in [0.15, 0.2) is 0 Å². The quantitative estimate of drug-likeness (QED) is 0.0311. The molecule has 0 saturated carbocycles. The number of Topliss-reactive ketones (excluding diaryl/α,β-unsaturated/α-hetero) is 1. The second-order valence-electron chi connectivity index (χ2n) is 14.7. The molecule has 310 valence electrons. The van der Waals surface area contributed by atoms with Gasteiger partial charge in [0, 0.05) is 35.9 Å². The molecule has 4 atom stereocenters. The first-order valence-electron chi connectivity index (χ1n) is 19.6. The number of carbonyl (C=O) groups excluding carboxylic acids is 2. The van der Waals surface area contributed by atoms with Crippen LogP contribution >= 0.6 is 0 Å². The smallest absolute Gasteiger partial charge is 1.00 e. The Labute approximate surface area is 373 Å². The molecular weight excluding hydrogens is 832 g/mol. The van der Waals surface area contributed by atoms with E-state index in [0.29, 0.717) is 0 Å². The average Bonchev–Trinajstić information content (AvgIpc) is 3.16. The fourth-order valence-electron chi connectivity index (χ4n) is 7.85. The van der Waals surface area contributed by atoms with Crippen molar-refractivity contribution in [2.24, 2.45) is 11.8 Å². The number of carbonyl (C=O) groups is 2. The average molecular weight is 902 g/mol.